The summed E-state index contributed by atoms with van der Waals surface area (Å²) in [5.74, 6) is -0.0740. The molecule has 1 amide bonds. The summed E-state index contributed by atoms with van der Waals surface area (Å²) in [6.45, 7) is 10.7. The number of carbonyl (C=O) groups excluding carboxylic acids is 1. The van der Waals surface area contributed by atoms with Gasteiger partial charge < -0.3 is 10.1 Å². The van der Waals surface area contributed by atoms with Gasteiger partial charge in [-0.25, -0.2) is 9.18 Å². The van der Waals surface area contributed by atoms with E-state index in [4.69, 9.17) is 4.74 Å². The molecular formula is C17H29FN2O2. The van der Waals surface area contributed by atoms with Crippen LogP contribution in [0.15, 0.2) is 28.9 Å². The van der Waals surface area contributed by atoms with E-state index in [0.29, 0.717) is 0 Å². The van der Waals surface area contributed by atoms with E-state index >= 15 is 0 Å². The summed E-state index contributed by atoms with van der Waals surface area (Å²) in [6, 6.07) is -0.313. The molecule has 0 radical (unpaired) electrons. The highest BCUT2D eigenvalue weighted by atomic mass is 19.1. The van der Waals surface area contributed by atoms with Gasteiger partial charge in [-0.3, -0.25) is 4.99 Å². The third-order valence-corrected chi connectivity index (χ3v) is 2.68. The average Bonchev–Trinajstić information content (AvgIpc) is 2.39. The SMILES string of the molecule is CCC=N/C(C)=C/C(NC(=O)OC(C)(C)C)C(C)C=CCF. The summed E-state index contributed by atoms with van der Waals surface area (Å²) >= 11 is 0. The second-order valence-corrected chi connectivity index (χ2v) is 6.14. The van der Waals surface area contributed by atoms with Crippen LogP contribution in [0.25, 0.3) is 0 Å². The molecule has 0 saturated carbocycles. The zero-order valence-corrected chi connectivity index (χ0v) is 14.5. The molecule has 0 spiro atoms. The minimum Gasteiger partial charge on any atom is -0.444 e. The van der Waals surface area contributed by atoms with E-state index in [-0.39, 0.29) is 12.0 Å². The lowest BCUT2D eigenvalue weighted by Gasteiger charge is -2.24. The molecule has 0 bridgehead atoms. The molecule has 0 aromatic rings. The maximum atomic E-state index is 12.3. The quantitative estimate of drug-likeness (QED) is 0.558. The lowest BCUT2D eigenvalue weighted by Crippen LogP contribution is -2.41. The molecule has 0 aromatic heterocycles. The fourth-order valence-electron chi connectivity index (χ4n) is 1.69. The first-order valence-corrected chi connectivity index (χ1v) is 7.62. The zero-order valence-electron chi connectivity index (χ0n) is 14.5. The highest BCUT2D eigenvalue weighted by Gasteiger charge is 2.21. The van der Waals surface area contributed by atoms with Crippen molar-refractivity contribution in [2.45, 2.75) is 59.6 Å². The first-order chi connectivity index (χ1) is 10.2. The number of nitrogens with zero attached hydrogens (tertiary/aromatic N) is 1. The van der Waals surface area contributed by atoms with E-state index in [2.05, 4.69) is 10.3 Å². The first kappa shape index (κ1) is 20.3. The van der Waals surface area contributed by atoms with Crippen LogP contribution in [0.5, 0.6) is 0 Å². The number of carbonyl (C=O) groups is 1. The van der Waals surface area contributed by atoms with Crippen LogP contribution in [0.3, 0.4) is 0 Å². The molecule has 22 heavy (non-hydrogen) atoms. The second kappa shape index (κ2) is 10.1. The molecule has 0 rings (SSSR count). The van der Waals surface area contributed by atoms with Crippen molar-refractivity contribution in [2.75, 3.05) is 6.67 Å². The Bertz CT molecular complexity index is 423. The fraction of sp³-hybridized carbons (Fsp3) is 0.647. The van der Waals surface area contributed by atoms with Gasteiger partial charge in [0.2, 0.25) is 0 Å². The van der Waals surface area contributed by atoms with Gasteiger partial charge in [-0.2, -0.15) is 0 Å². The molecule has 0 heterocycles. The lowest BCUT2D eigenvalue weighted by atomic mass is 10.0. The molecule has 0 fully saturated rings. The number of rotatable bonds is 7. The Labute approximate surface area is 133 Å². The van der Waals surface area contributed by atoms with E-state index in [0.717, 1.165) is 12.1 Å². The Morgan fingerprint density at radius 2 is 2.05 bits per heavy atom. The predicted octanol–water partition coefficient (Wildman–Crippen LogP) is 4.43. The van der Waals surface area contributed by atoms with Gasteiger partial charge in [-0.15, -0.1) is 0 Å². The minimum atomic E-state index is -0.564. The highest BCUT2D eigenvalue weighted by molar-refractivity contribution is 5.68. The third-order valence-electron chi connectivity index (χ3n) is 2.68. The smallest absolute Gasteiger partial charge is 0.408 e. The van der Waals surface area contributed by atoms with Crippen molar-refractivity contribution in [3.8, 4) is 0 Å². The van der Waals surface area contributed by atoms with Gasteiger partial charge in [-0.05, 0) is 46.1 Å². The molecular weight excluding hydrogens is 283 g/mol. The summed E-state index contributed by atoms with van der Waals surface area (Å²) < 4.78 is 17.6. The fourth-order valence-corrected chi connectivity index (χ4v) is 1.69. The lowest BCUT2D eigenvalue weighted by molar-refractivity contribution is 0.0506. The summed E-state index contributed by atoms with van der Waals surface area (Å²) in [5.41, 5.74) is 0.231. The van der Waals surface area contributed by atoms with Gasteiger partial charge in [0.05, 0.1) is 6.04 Å². The number of nitrogens with one attached hydrogen (secondary N) is 1. The second-order valence-electron chi connectivity index (χ2n) is 6.14. The summed E-state index contributed by atoms with van der Waals surface area (Å²) in [6.07, 6.45) is 7.16. The normalized spacial score (nSPS) is 16.0. The monoisotopic (exact) mass is 312 g/mol. The summed E-state index contributed by atoms with van der Waals surface area (Å²) in [5, 5.41) is 2.80. The zero-order chi connectivity index (χ0) is 17.2. The number of ether oxygens (including phenoxy) is 1. The molecule has 0 aliphatic rings. The van der Waals surface area contributed by atoms with Crippen molar-refractivity contribution in [3.63, 3.8) is 0 Å². The van der Waals surface area contributed by atoms with E-state index in [1.807, 2.05) is 26.8 Å². The van der Waals surface area contributed by atoms with Gasteiger partial charge in [0, 0.05) is 11.9 Å². The molecule has 0 aliphatic carbocycles. The molecule has 5 heteroatoms. The number of hydrogen-bond donors (Lipinski definition) is 1. The van der Waals surface area contributed by atoms with Crippen molar-refractivity contribution in [1.82, 2.24) is 5.32 Å². The molecule has 2 unspecified atom stereocenters. The van der Waals surface area contributed by atoms with Gasteiger partial charge in [0.25, 0.3) is 0 Å². The third kappa shape index (κ3) is 10.1. The number of hydrogen-bond acceptors (Lipinski definition) is 3. The average molecular weight is 312 g/mol. The van der Waals surface area contributed by atoms with Gasteiger partial charge in [0.1, 0.15) is 12.3 Å². The minimum absolute atomic E-state index is 0.0740. The summed E-state index contributed by atoms with van der Waals surface area (Å²) in [7, 11) is 0. The molecule has 0 aromatic carbocycles. The Morgan fingerprint density at radius 3 is 2.55 bits per heavy atom. The number of aliphatic imine (C=N–C) groups is 1. The van der Waals surface area contributed by atoms with Crippen LogP contribution in [0, 0.1) is 5.92 Å². The number of amides is 1. The van der Waals surface area contributed by atoms with Crippen molar-refractivity contribution >= 4 is 12.3 Å². The summed E-state index contributed by atoms with van der Waals surface area (Å²) in [4.78, 5) is 16.2. The maximum absolute atomic E-state index is 12.3. The maximum Gasteiger partial charge on any atom is 0.408 e. The van der Waals surface area contributed by atoms with Gasteiger partial charge in [0.15, 0.2) is 0 Å². The van der Waals surface area contributed by atoms with E-state index < -0.39 is 18.4 Å². The van der Waals surface area contributed by atoms with Crippen LogP contribution in [0.2, 0.25) is 0 Å². The van der Waals surface area contributed by atoms with Crippen LogP contribution in [-0.4, -0.2) is 30.6 Å². The van der Waals surface area contributed by atoms with Crippen LogP contribution in [0.1, 0.15) is 48.0 Å². The Morgan fingerprint density at radius 1 is 1.41 bits per heavy atom. The van der Waals surface area contributed by atoms with Crippen LogP contribution in [-0.2, 0) is 4.74 Å². The largest absolute Gasteiger partial charge is 0.444 e. The van der Waals surface area contributed by atoms with E-state index in [1.54, 1.807) is 33.1 Å². The van der Waals surface area contributed by atoms with Crippen LogP contribution in [0.4, 0.5) is 9.18 Å². The Hall–Kier alpha value is -1.65. The molecule has 0 saturated heterocycles. The predicted molar refractivity (Wildman–Crippen MR) is 90.0 cm³/mol. The standard InChI is InChI=1S/C17H29FN2O2/c1-7-11-19-14(3)12-15(13(2)9-8-10-18)20-16(21)22-17(4,5)6/h8-9,11-13,15H,7,10H2,1-6H3,(H,20,21)/b9-8?,14-12+,19-11?. The van der Waals surface area contributed by atoms with Crippen LogP contribution < -0.4 is 5.32 Å². The van der Waals surface area contributed by atoms with Crippen molar-refractivity contribution in [2.24, 2.45) is 10.9 Å². The molecule has 4 nitrogen and oxygen atoms in total. The van der Waals surface area contributed by atoms with Gasteiger partial charge >= 0.3 is 6.09 Å². The van der Waals surface area contributed by atoms with E-state index in [1.165, 1.54) is 6.08 Å². The molecule has 0 aliphatic heterocycles. The van der Waals surface area contributed by atoms with Crippen molar-refractivity contribution in [3.05, 3.63) is 23.9 Å². The van der Waals surface area contributed by atoms with E-state index in [9.17, 15) is 9.18 Å². The Balaban J connectivity index is 5.05. The number of allylic oxidation sites excluding steroid dienone is 2. The van der Waals surface area contributed by atoms with Crippen molar-refractivity contribution < 1.29 is 13.9 Å². The highest BCUT2D eigenvalue weighted by Crippen LogP contribution is 2.12. The molecule has 126 valence electrons. The topological polar surface area (TPSA) is 50.7 Å². The van der Waals surface area contributed by atoms with Crippen LogP contribution >= 0.6 is 0 Å². The van der Waals surface area contributed by atoms with Gasteiger partial charge in [-0.1, -0.05) is 26.0 Å². The number of alkyl carbamates (subject to hydrolysis) is 1. The number of alkyl halides is 1. The number of halogens is 1. The Kier molecular flexibility index (Phi) is 9.38. The van der Waals surface area contributed by atoms with Crippen molar-refractivity contribution in [1.29, 1.82) is 0 Å². The molecule has 2 atom stereocenters. The molecule has 1 N–H and O–H groups in total. The first-order valence-electron chi connectivity index (χ1n) is 7.62.